The number of rotatable bonds is 6. The molecule has 0 saturated carbocycles. The summed E-state index contributed by atoms with van der Waals surface area (Å²) in [6.07, 6.45) is 2.25. The maximum atomic E-state index is 13.7. The Balaban J connectivity index is 2.28. The number of hydrogen-bond acceptors (Lipinski definition) is 2. The van der Waals surface area contributed by atoms with Gasteiger partial charge in [-0.15, -0.1) is 0 Å². The first-order valence-electron chi connectivity index (χ1n) is 8.05. The fourth-order valence-corrected chi connectivity index (χ4v) is 3.31. The summed E-state index contributed by atoms with van der Waals surface area (Å²) in [4.78, 5) is 14.9. The number of unbranched alkanes of at least 4 members (excludes halogenated alkanes) is 1. The fraction of sp³-hybridized carbons (Fsp3) is 0.211. The number of aromatic carboxylic acids is 1. The van der Waals surface area contributed by atoms with Gasteiger partial charge in [0.05, 0.1) is 16.1 Å². The normalized spacial score (nSPS) is 11.2. The molecule has 0 aliphatic carbocycles. The van der Waals surface area contributed by atoms with Crippen molar-refractivity contribution >= 4 is 28.5 Å². The lowest BCUT2D eigenvalue weighted by Crippen LogP contribution is -2.01. The second kappa shape index (κ2) is 7.25. The number of aryl methyl sites for hydroxylation is 1. The number of halogens is 2. The van der Waals surface area contributed by atoms with E-state index in [4.69, 9.17) is 17.3 Å². The quantitative estimate of drug-likeness (QED) is 0.562. The van der Waals surface area contributed by atoms with Crippen molar-refractivity contribution in [3.05, 3.63) is 58.4 Å². The van der Waals surface area contributed by atoms with Crippen molar-refractivity contribution in [2.45, 2.75) is 19.3 Å². The van der Waals surface area contributed by atoms with Crippen LogP contribution in [0.1, 0.15) is 28.8 Å². The van der Waals surface area contributed by atoms with Crippen LogP contribution in [0.4, 0.5) is 4.39 Å². The van der Waals surface area contributed by atoms with Gasteiger partial charge in [0.15, 0.2) is 0 Å². The van der Waals surface area contributed by atoms with Gasteiger partial charge in [-0.3, -0.25) is 0 Å². The zero-order valence-electron chi connectivity index (χ0n) is 13.5. The highest BCUT2D eigenvalue weighted by Gasteiger charge is 2.20. The lowest BCUT2D eigenvalue weighted by atomic mass is 9.97. The van der Waals surface area contributed by atoms with Gasteiger partial charge < -0.3 is 15.8 Å². The first-order valence-corrected chi connectivity index (χ1v) is 8.43. The third-order valence-electron chi connectivity index (χ3n) is 4.23. The molecule has 4 N–H and O–H groups in total. The topological polar surface area (TPSA) is 79.1 Å². The largest absolute Gasteiger partial charge is 0.478 e. The van der Waals surface area contributed by atoms with Crippen LogP contribution >= 0.6 is 11.6 Å². The number of fused-ring (bicyclic) bond motifs is 1. The van der Waals surface area contributed by atoms with Crippen LogP contribution in [-0.2, 0) is 6.42 Å². The Morgan fingerprint density at radius 1 is 1.24 bits per heavy atom. The molecule has 1 heterocycles. The Hall–Kier alpha value is -2.37. The molecule has 0 unspecified atom stereocenters. The molecule has 1 aromatic heterocycles. The van der Waals surface area contributed by atoms with Crippen LogP contribution in [0.2, 0.25) is 5.02 Å². The van der Waals surface area contributed by atoms with E-state index in [1.807, 2.05) is 0 Å². The predicted octanol–water partition coefficient (Wildman–Crippen LogP) is 4.61. The average molecular weight is 361 g/mol. The van der Waals surface area contributed by atoms with Gasteiger partial charge in [0.2, 0.25) is 0 Å². The standard InChI is InChI=1S/C19H18ClFN2O2/c20-15-8-7-14(19(24)25)16-13(6-1-2-9-22)17(23-18(15)16)11-4-3-5-12(21)10-11/h3-5,7-8,10,23H,1-2,6,9,22H2,(H,24,25). The Kier molecular flexibility index (Phi) is 5.06. The van der Waals surface area contributed by atoms with Crippen LogP contribution in [0, 0.1) is 5.82 Å². The highest BCUT2D eigenvalue weighted by molar-refractivity contribution is 6.36. The summed E-state index contributed by atoms with van der Waals surface area (Å²) in [5.41, 5.74) is 8.50. The molecule has 0 radical (unpaired) electrons. The molecule has 3 rings (SSSR count). The summed E-state index contributed by atoms with van der Waals surface area (Å²) in [7, 11) is 0. The molecule has 0 fully saturated rings. The number of hydrogen-bond donors (Lipinski definition) is 3. The van der Waals surface area contributed by atoms with Gasteiger partial charge in [0.25, 0.3) is 0 Å². The van der Waals surface area contributed by atoms with E-state index in [1.54, 1.807) is 18.2 Å². The highest BCUT2D eigenvalue weighted by atomic mass is 35.5. The van der Waals surface area contributed by atoms with Gasteiger partial charge in [0, 0.05) is 16.6 Å². The summed E-state index contributed by atoms with van der Waals surface area (Å²) >= 11 is 6.28. The number of carbonyl (C=O) groups is 1. The van der Waals surface area contributed by atoms with Crippen molar-refractivity contribution in [2.24, 2.45) is 5.73 Å². The lowest BCUT2D eigenvalue weighted by Gasteiger charge is -2.07. The number of aromatic amines is 1. The van der Waals surface area contributed by atoms with E-state index in [-0.39, 0.29) is 11.4 Å². The number of H-pyrrole nitrogens is 1. The van der Waals surface area contributed by atoms with Crippen LogP contribution in [0.15, 0.2) is 36.4 Å². The summed E-state index contributed by atoms with van der Waals surface area (Å²) in [5.74, 6) is -1.37. The Labute approximate surface area is 149 Å². The molecule has 0 aliphatic heterocycles. The van der Waals surface area contributed by atoms with E-state index >= 15 is 0 Å². The van der Waals surface area contributed by atoms with Gasteiger partial charge in [0.1, 0.15) is 5.82 Å². The molecular formula is C19H18ClFN2O2. The molecule has 6 heteroatoms. The van der Waals surface area contributed by atoms with E-state index in [0.717, 1.165) is 18.4 Å². The van der Waals surface area contributed by atoms with Crippen molar-refractivity contribution in [2.75, 3.05) is 6.54 Å². The monoisotopic (exact) mass is 360 g/mol. The molecule has 0 atom stereocenters. The highest BCUT2D eigenvalue weighted by Crippen LogP contribution is 2.37. The number of benzene rings is 2. The SMILES string of the molecule is NCCCCc1c(-c2cccc(F)c2)[nH]c2c(Cl)ccc(C(=O)O)c12. The number of carboxylic acids is 1. The minimum atomic E-state index is -1.02. The van der Waals surface area contributed by atoms with Crippen LogP contribution in [-0.4, -0.2) is 22.6 Å². The first kappa shape index (κ1) is 17.5. The summed E-state index contributed by atoms with van der Waals surface area (Å²) in [6.45, 7) is 0.560. The van der Waals surface area contributed by atoms with Gasteiger partial charge in [-0.25, -0.2) is 9.18 Å². The zero-order chi connectivity index (χ0) is 18.0. The van der Waals surface area contributed by atoms with Crippen LogP contribution in [0.3, 0.4) is 0 Å². The molecule has 2 aromatic carbocycles. The lowest BCUT2D eigenvalue weighted by molar-refractivity contribution is 0.0699. The molecule has 0 spiro atoms. The number of nitrogens with one attached hydrogen (secondary N) is 1. The molecule has 0 bridgehead atoms. The zero-order valence-corrected chi connectivity index (χ0v) is 14.2. The summed E-state index contributed by atoms with van der Waals surface area (Å²) in [6, 6.07) is 9.26. The predicted molar refractivity (Wildman–Crippen MR) is 97.7 cm³/mol. The second-order valence-electron chi connectivity index (χ2n) is 5.88. The Morgan fingerprint density at radius 3 is 2.72 bits per heavy atom. The van der Waals surface area contributed by atoms with Crippen LogP contribution in [0.5, 0.6) is 0 Å². The van der Waals surface area contributed by atoms with Gasteiger partial charge in [-0.2, -0.15) is 0 Å². The minimum Gasteiger partial charge on any atom is -0.478 e. The third kappa shape index (κ3) is 3.38. The molecule has 4 nitrogen and oxygen atoms in total. The second-order valence-corrected chi connectivity index (χ2v) is 6.29. The van der Waals surface area contributed by atoms with E-state index in [2.05, 4.69) is 4.98 Å². The Morgan fingerprint density at radius 2 is 2.04 bits per heavy atom. The van der Waals surface area contributed by atoms with E-state index < -0.39 is 5.97 Å². The van der Waals surface area contributed by atoms with Gasteiger partial charge >= 0.3 is 5.97 Å². The maximum Gasteiger partial charge on any atom is 0.336 e. The van der Waals surface area contributed by atoms with E-state index in [9.17, 15) is 14.3 Å². The number of carboxylic acid groups (broad SMARTS) is 1. The molecule has 0 aliphatic rings. The third-order valence-corrected chi connectivity index (χ3v) is 4.55. The van der Waals surface area contributed by atoms with Crippen molar-refractivity contribution in [1.82, 2.24) is 4.98 Å². The number of nitrogens with two attached hydrogens (primary N) is 1. The minimum absolute atomic E-state index is 0.182. The molecule has 25 heavy (non-hydrogen) atoms. The van der Waals surface area contributed by atoms with Crippen LogP contribution < -0.4 is 5.73 Å². The first-order chi connectivity index (χ1) is 12.0. The summed E-state index contributed by atoms with van der Waals surface area (Å²) < 4.78 is 13.7. The smallest absolute Gasteiger partial charge is 0.336 e. The molecule has 0 amide bonds. The molecule has 130 valence electrons. The molecule has 3 aromatic rings. The van der Waals surface area contributed by atoms with Crippen molar-refractivity contribution < 1.29 is 14.3 Å². The Bertz CT molecular complexity index is 937. The van der Waals surface area contributed by atoms with Crippen molar-refractivity contribution in [3.8, 4) is 11.3 Å². The van der Waals surface area contributed by atoms with Crippen molar-refractivity contribution in [1.29, 1.82) is 0 Å². The van der Waals surface area contributed by atoms with Gasteiger partial charge in [-0.1, -0.05) is 23.7 Å². The molecule has 0 saturated heterocycles. The number of aromatic nitrogens is 1. The average Bonchev–Trinajstić information content (AvgIpc) is 2.96. The van der Waals surface area contributed by atoms with Gasteiger partial charge in [-0.05, 0) is 55.6 Å². The fourth-order valence-electron chi connectivity index (χ4n) is 3.10. The van der Waals surface area contributed by atoms with Crippen LogP contribution in [0.25, 0.3) is 22.2 Å². The van der Waals surface area contributed by atoms with E-state index in [0.29, 0.717) is 40.1 Å². The van der Waals surface area contributed by atoms with Crippen molar-refractivity contribution in [3.63, 3.8) is 0 Å². The summed E-state index contributed by atoms with van der Waals surface area (Å²) in [5, 5.41) is 10.6. The maximum absolute atomic E-state index is 13.7. The molecular weight excluding hydrogens is 343 g/mol. The van der Waals surface area contributed by atoms with E-state index in [1.165, 1.54) is 18.2 Å².